The van der Waals surface area contributed by atoms with Crippen molar-refractivity contribution in [2.75, 3.05) is 19.3 Å². The molecule has 0 spiro atoms. The number of hydrogen-bond donors (Lipinski definition) is 1. The molecule has 0 saturated carbocycles. The molecule has 1 fully saturated rings. The number of sulfonamides is 1. The van der Waals surface area contributed by atoms with E-state index in [4.69, 9.17) is 0 Å². The Bertz CT molecular complexity index is 720. The molecule has 3 amide bonds. The highest BCUT2D eigenvalue weighted by Crippen LogP contribution is 2.25. The maximum Gasteiger partial charge on any atom is 0.427 e. The molecule has 10 heteroatoms. The van der Waals surface area contributed by atoms with E-state index < -0.39 is 28.2 Å². The number of nitrogens with zero attached hydrogens (tertiary/aromatic N) is 3. The molecule has 124 valence electrons. The zero-order valence-electron chi connectivity index (χ0n) is 12.2. The van der Waals surface area contributed by atoms with Crippen LogP contribution in [0.5, 0.6) is 0 Å². The van der Waals surface area contributed by atoms with Gasteiger partial charge < -0.3 is 9.90 Å². The van der Waals surface area contributed by atoms with Crippen LogP contribution in [0.3, 0.4) is 0 Å². The fraction of sp³-hybridized carbons (Fsp3) is 0.308. The van der Waals surface area contributed by atoms with Crippen LogP contribution in [0, 0.1) is 0 Å². The van der Waals surface area contributed by atoms with Crippen molar-refractivity contribution in [3.05, 3.63) is 35.9 Å². The van der Waals surface area contributed by atoms with Crippen molar-refractivity contribution in [1.82, 2.24) is 14.3 Å². The molecule has 0 aliphatic carbocycles. The SMILES string of the molecule is CS(=O)(=O)N1CCN(N(C(=O)O)C(C=O)c2ccccc2)C1=O. The van der Waals surface area contributed by atoms with Crippen LogP contribution in [0.4, 0.5) is 9.59 Å². The molecular weight excluding hydrogens is 326 g/mol. The Morgan fingerprint density at radius 3 is 2.35 bits per heavy atom. The van der Waals surface area contributed by atoms with Crippen molar-refractivity contribution in [3.8, 4) is 0 Å². The number of hydrazine groups is 1. The Balaban J connectivity index is 2.38. The van der Waals surface area contributed by atoms with Gasteiger partial charge in [0.05, 0.1) is 19.3 Å². The number of hydrogen-bond acceptors (Lipinski definition) is 5. The van der Waals surface area contributed by atoms with Crippen molar-refractivity contribution < 1.29 is 27.9 Å². The molecule has 1 aromatic rings. The van der Waals surface area contributed by atoms with E-state index in [9.17, 15) is 27.9 Å². The number of rotatable bonds is 5. The molecule has 1 aliphatic rings. The first-order chi connectivity index (χ1) is 10.8. The predicted octanol–water partition coefficient (Wildman–Crippen LogP) is 0.519. The Morgan fingerprint density at radius 2 is 1.91 bits per heavy atom. The van der Waals surface area contributed by atoms with Crippen LogP contribution in [0.25, 0.3) is 0 Å². The molecule has 1 atom stereocenters. The Labute approximate surface area is 132 Å². The van der Waals surface area contributed by atoms with Gasteiger partial charge in [-0.25, -0.2) is 27.3 Å². The summed E-state index contributed by atoms with van der Waals surface area (Å²) in [4.78, 5) is 35.2. The first-order valence-corrected chi connectivity index (χ1v) is 8.43. The minimum Gasteiger partial charge on any atom is -0.464 e. The van der Waals surface area contributed by atoms with Crippen LogP contribution in [-0.2, 0) is 14.8 Å². The maximum absolute atomic E-state index is 12.2. The average Bonchev–Trinajstić information content (AvgIpc) is 2.86. The molecule has 9 nitrogen and oxygen atoms in total. The predicted molar refractivity (Wildman–Crippen MR) is 78.8 cm³/mol. The molecular formula is C13H15N3O6S. The van der Waals surface area contributed by atoms with Gasteiger partial charge in [-0.05, 0) is 5.56 Å². The van der Waals surface area contributed by atoms with Crippen LogP contribution in [0.1, 0.15) is 11.6 Å². The molecule has 1 heterocycles. The van der Waals surface area contributed by atoms with E-state index in [0.29, 0.717) is 21.2 Å². The average molecular weight is 341 g/mol. The lowest BCUT2D eigenvalue weighted by Gasteiger charge is -2.32. The Hall–Kier alpha value is -2.62. The summed E-state index contributed by atoms with van der Waals surface area (Å²) < 4.78 is 23.6. The molecule has 1 aliphatic heterocycles. The van der Waals surface area contributed by atoms with Crippen LogP contribution in [-0.4, -0.2) is 65.6 Å². The van der Waals surface area contributed by atoms with Crippen molar-refractivity contribution in [2.45, 2.75) is 6.04 Å². The van der Waals surface area contributed by atoms with Gasteiger partial charge in [-0.3, -0.25) is 0 Å². The highest BCUT2D eigenvalue weighted by atomic mass is 32.2. The second-order valence-corrected chi connectivity index (χ2v) is 6.77. The standard InChI is InChI=1S/C13H15N3O6S/c1-23(21,22)15-8-7-14(12(15)18)16(13(19)20)11(9-17)10-5-3-2-4-6-10/h2-6,9,11H,7-8H2,1H3,(H,19,20). The maximum atomic E-state index is 12.2. The van der Waals surface area contributed by atoms with Crippen molar-refractivity contribution >= 4 is 28.4 Å². The van der Waals surface area contributed by atoms with Crippen LogP contribution in [0.15, 0.2) is 30.3 Å². The summed E-state index contributed by atoms with van der Waals surface area (Å²) in [6.45, 7) is -0.336. The van der Waals surface area contributed by atoms with E-state index >= 15 is 0 Å². The quantitative estimate of drug-likeness (QED) is 0.781. The summed E-state index contributed by atoms with van der Waals surface area (Å²) >= 11 is 0. The Morgan fingerprint density at radius 1 is 1.30 bits per heavy atom. The number of aldehydes is 1. The third-order valence-corrected chi connectivity index (χ3v) is 4.48. The summed E-state index contributed by atoms with van der Waals surface area (Å²) in [5.41, 5.74) is 0.371. The highest BCUT2D eigenvalue weighted by Gasteiger charge is 2.42. The summed E-state index contributed by atoms with van der Waals surface area (Å²) in [6.07, 6.45) is -0.289. The monoisotopic (exact) mass is 341 g/mol. The van der Waals surface area contributed by atoms with Gasteiger partial charge >= 0.3 is 12.1 Å². The summed E-state index contributed by atoms with van der Waals surface area (Å²) in [5, 5.41) is 10.7. The fourth-order valence-corrected chi connectivity index (χ4v) is 3.10. The molecule has 0 radical (unpaired) electrons. The van der Waals surface area contributed by atoms with E-state index in [1.807, 2.05) is 0 Å². The van der Waals surface area contributed by atoms with Crippen LogP contribution in [0.2, 0.25) is 0 Å². The minimum atomic E-state index is -3.81. The van der Waals surface area contributed by atoms with E-state index in [2.05, 4.69) is 0 Å². The third kappa shape index (κ3) is 3.26. The van der Waals surface area contributed by atoms with Gasteiger partial charge in [0.25, 0.3) is 0 Å². The lowest BCUT2D eigenvalue weighted by atomic mass is 10.1. The first-order valence-electron chi connectivity index (χ1n) is 6.59. The van der Waals surface area contributed by atoms with Crippen molar-refractivity contribution in [2.24, 2.45) is 0 Å². The lowest BCUT2D eigenvalue weighted by molar-refractivity contribution is -0.116. The van der Waals surface area contributed by atoms with E-state index in [0.717, 1.165) is 11.3 Å². The van der Waals surface area contributed by atoms with Crippen molar-refractivity contribution in [1.29, 1.82) is 0 Å². The number of benzene rings is 1. The van der Waals surface area contributed by atoms with Gasteiger partial charge in [0, 0.05) is 0 Å². The van der Waals surface area contributed by atoms with E-state index in [1.165, 1.54) is 0 Å². The zero-order chi connectivity index (χ0) is 17.2. The summed E-state index contributed by atoms with van der Waals surface area (Å²) in [6, 6.07) is 5.78. The molecule has 1 saturated heterocycles. The van der Waals surface area contributed by atoms with E-state index in [1.54, 1.807) is 30.3 Å². The van der Waals surface area contributed by atoms with Gasteiger partial charge in [-0.1, -0.05) is 30.3 Å². The summed E-state index contributed by atoms with van der Waals surface area (Å²) in [7, 11) is -3.81. The van der Waals surface area contributed by atoms with Gasteiger partial charge in [-0.2, -0.15) is 5.01 Å². The zero-order valence-corrected chi connectivity index (χ0v) is 13.0. The topological polar surface area (TPSA) is 115 Å². The van der Waals surface area contributed by atoms with E-state index in [-0.39, 0.29) is 13.1 Å². The first kappa shape index (κ1) is 16.7. The number of carbonyl (C=O) groups is 3. The molecule has 2 rings (SSSR count). The molecule has 0 aromatic heterocycles. The minimum absolute atomic E-state index is 0.157. The molecule has 1 aromatic carbocycles. The third-order valence-electron chi connectivity index (χ3n) is 3.34. The summed E-state index contributed by atoms with van der Waals surface area (Å²) in [5.74, 6) is 0. The lowest BCUT2D eigenvalue weighted by Crippen LogP contribution is -2.50. The van der Waals surface area contributed by atoms with Gasteiger partial charge in [-0.15, -0.1) is 0 Å². The second kappa shape index (κ2) is 6.24. The van der Waals surface area contributed by atoms with Gasteiger partial charge in [0.15, 0.2) is 0 Å². The second-order valence-electron chi connectivity index (χ2n) is 4.86. The largest absolute Gasteiger partial charge is 0.464 e. The van der Waals surface area contributed by atoms with Crippen molar-refractivity contribution in [3.63, 3.8) is 0 Å². The molecule has 1 unspecified atom stereocenters. The van der Waals surface area contributed by atoms with Crippen LogP contribution >= 0.6 is 0 Å². The molecule has 1 N–H and O–H groups in total. The van der Waals surface area contributed by atoms with Crippen LogP contribution < -0.4 is 0 Å². The molecule has 0 bridgehead atoms. The number of carbonyl (C=O) groups excluding carboxylic acids is 2. The number of amides is 3. The Kier molecular flexibility index (Phi) is 4.55. The number of urea groups is 1. The number of carboxylic acid groups (broad SMARTS) is 1. The van der Waals surface area contributed by atoms with Gasteiger partial charge in [0.2, 0.25) is 10.0 Å². The van der Waals surface area contributed by atoms with Gasteiger partial charge in [0.1, 0.15) is 12.3 Å². The normalized spacial score (nSPS) is 16.3. The highest BCUT2D eigenvalue weighted by molar-refractivity contribution is 7.88. The fourth-order valence-electron chi connectivity index (χ4n) is 2.31. The molecule has 23 heavy (non-hydrogen) atoms. The smallest absolute Gasteiger partial charge is 0.427 e.